The minimum absolute atomic E-state index is 0.178. The van der Waals surface area contributed by atoms with E-state index in [0.29, 0.717) is 5.56 Å². The van der Waals surface area contributed by atoms with Crippen molar-refractivity contribution in [3.8, 4) is 11.3 Å². The van der Waals surface area contributed by atoms with Gasteiger partial charge in [0.1, 0.15) is 0 Å². The molecule has 0 bridgehead atoms. The number of nitrogens with zero attached hydrogens (tertiary/aromatic N) is 2. The van der Waals surface area contributed by atoms with Crippen molar-refractivity contribution in [1.82, 2.24) is 9.97 Å². The molecule has 0 saturated heterocycles. The first kappa shape index (κ1) is 16.3. The van der Waals surface area contributed by atoms with Gasteiger partial charge in [-0.3, -0.25) is 9.97 Å². The van der Waals surface area contributed by atoms with Gasteiger partial charge >= 0.3 is 12.4 Å². The van der Waals surface area contributed by atoms with Gasteiger partial charge in [-0.15, -0.1) is 0 Å². The second-order valence-electron chi connectivity index (χ2n) is 4.75. The number of aromatic nitrogens is 2. The van der Waals surface area contributed by atoms with Gasteiger partial charge in [0.2, 0.25) is 0 Å². The monoisotopic (exact) mass is 320 g/mol. The fourth-order valence-electron chi connectivity index (χ4n) is 1.97. The van der Waals surface area contributed by atoms with Gasteiger partial charge in [-0.2, -0.15) is 26.3 Å². The molecule has 0 atom stereocenters. The summed E-state index contributed by atoms with van der Waals surface area (Å²) in [5.74, 6) is 0. The highest BCUT2D eigenvalue weighted by molar-refractivity contribution is 5.67. The van der Waals surface area contributed by atoms with E-state index in [4.69, 9.17) is 0 Å². The van der Waals surface area contributed by atoms with Crippen molar-refractivity contribution >= 4 is 0 Å². The third kappa shape index (κ3) is 3.20. The first-order valence-corrected chi connectivity index (χ1v) is 6.09. The molecule has 2 rings (SSSR count). The Kier molecular flexibility index (Phi) is 3.88. The molecule has 2 aromatic heterocycles. The highest BCUT2D eigenvalue weighted by Crippen LogP contribution is 2.41. The molecule has 0 unspecified atom stereocenters. The van der Waals surface area contributed by atoms with Crippen molar-refractivity contribution in [2.24, 2.45) is 0 Å². The van der Waals surface area contributed by atoms with Crippen molar-refractivity contribution in [3.05, 3.63) is 46.9 Å². The molecular weight excluding hydrogens is 310 g/mol. The number of aryl methyl sites for hydroxylation is 2. The number of pyridine rings is 2. The Morgan fingerprint density at radius 2 is 1.55 bits per heavy atom. The number of hydrogen-bond acceptors (Lipinski definition) is 2. The minimum atomic E-state index is -4.88. The lowest BCUT2D eigenvalue weighted by atomic mass is 10.0. The maximum atomic E-state index is 13.1. The minimum Gasteiger partial charge on any atom is -0.252 e. The molecule has 2 nitrogen and oxygen atoms in total. The summed E-state index contributed by atoms with van der Waals surface area (Å²) in [7, 11) is 0. The summed E-state index contributed by atoms with van der Waals surface area (Å²) < 4.78 is 78.2. The van der Waals surface area contributed by atoms with E-state index < -0.39 is 34.9 Å². The van der Waals surface area contributed by atoms with Crippen LogP contribution in [0.15, 0.2) is 24.4 Å². The van der Waals surface area contributed by atoms with E-state index in [0.717, 1.165) is 24.4 Å². The van der Waals surface area contributed by atoms with Gasteiger partial charge in [0.15, 0.2) is 5.69 Å². The molecule has 2 heterocycles. The molecule has 0 spiro atoms. The highest BCUT2D eigenvalue weighted by atomic mass is 19.4. The topological polar surface area (TPSA) is 25.8 Å². The molecule has 8 heteroatoms. The van der Waals surface area contributed by atoms with Gasteiger partial charge in [-0.25, -0.2) is 0 Å². The van der Waals surface area contributed by atoms with Gasteiger partial charge in [-0.05, 0) is 37.6 Å². The van der Waals surface area contributed by atoms with Crippen LogP contribution in [0.1, 0.15) is 22.5 Å². The second kappa shape index (κ2) is 5.26. The van der Waals surface area contributed by atoms with Gasteiger partial charge in [0.25, 0.3) is 0 Å². The van der Waals surface area contributed by atoms with Crippen LogP contribution in [-0.4, -0.2) is 9.97 Å². The molecule has 0 radical (unpaired) electrons. The summed E-state index contributed by atoms with van der Waals surface area (Å²) in [5.41, 5.74) is -3.57. The van der Waals surface area contributed by atoms with Gasteiger partial charge in [0, 0.05) is 17.5 Å². The largest absolute Gasteiger partial charge is 0.434 e. The van der Waals surface area contributed by atoms with E-state index in [2.05, 4.69) is 9.97 Å². The Bertz CT molecular complexity index is 642. The number of alkyl halides is 6. The summed E-state index contributed by atoms with van der Waals surface area (Å²) in [6, 6.07) is 2.83. The predicted molar refractivity (Wildman–Crippen MR) is 66.9 cm³/mol. The van der Waals surface area contributed by atoms with Crippen molar-refractivity contribution in [1.29, 1.82) is 0 Å². The summed E-state index contributed by atoms with van der Waals surface area (Å²) in [6.45, 7) is 2.85. The third-order valence-corrected chi connectivity index (χ3v) is 2.89. The predicted octanol–water partition coefficient (Wildman–Crippen LogP) is 4.80. The number of hydrogen-bond donors (Lipinski definition) is 0. The molecule has 0 aliphatic heterocycles. The van der Waals surface area contributed by atoms with Crippen LogP contribution >= 0.6 is 0 Å². The first-order chi connectivity index (χ1) is 10.00. The zero-order valence-corrected chi connectivity index (χ0v) is 11.5. The Balaban J connectivity index is 2.82. The second-order valence-corrected chi connectivity index (χ2v) is 4.75. The molecule has 118 valence electrons. The van der Waals surface area contributed by atoms with E-state index in [1.165, 1.54) is 13.8 Å². The average Bonchev–Trinajstić information content (AvgIpc) is 2.35. The standard InChI is InChI=1S/C14H10F6N2/c1-7-5-9(12(21-6-7)14(18,19)20)11-10(13(15,16)17)4-3-8(2)22-11/h3-6H,1-2H3. The SMILES string of the molecule is Cc1cnc(C(F)(F)F)c(-c2nc(C)ccc2C(F)(F)F)c1. The quantitative estimate of drug-likeness (QED) is 0.706. The Labute approximate surface area is 121 Å². The first-order valence-electron chi connectivity index (χ1n) is 6.09. The number of halogens is 6. The Morgan fingerprint density at radius 1 is 0.909 bits per heavy atom. The third-order valence-electron chi connectivity index (χ3n) is 2.89. The lowest BCUT2D eigenvalue weighted by molar-refractivity contribution is -0.141. The van der Waals surface area contributed by atoms with Gasteiger partial charge in [0.05, 0.1) is 11.3 Å². The van der Waals surface area contributed by atoms with E-state index in [1.54, 1.807) is 0 Å². The molecule has 0 aromatic carbocycles. The fraction of sp³-hybridized carbons (Fsp3) is 0.286. The Morgan fingerprint density at radius 3 is 2.09 bits per heavy atom. The lowest BCUT2D eigenvalue weighted by Gasteiger charge is -2.16. The fourth-order valence-corrected chi connectivity index (χ4v) is 1.97. The van der Waals surface area contributed by atoms with Crippen LogP contribution in [0.4, 0.5) is 26.3 Å². The zero-order chi connectivity index (χ0) is 16.7. The van der Waals surface area contributed by atoms with Crippen LogP contribution in [0, 0.1) is 13.8 Å². The van der Waals surface area contributed by atoms with Gasteiger partial charge in [-0.1, -0.05) is 0 Å². The van der Waals surface area contributed by atoms with Crippen LogP contribution in [0.5, 0.6) is 0 Å². The maximum absolute atomic E-state index is 13.1. The van der Waals surface area contributed by atoms with E-state index >= 15 is 0 Å². The molecule has 0 amide bonds. The van der Waals surface area contributed by atoms with E-state index in [9.17, 15) is 26.3 Å². The van der Waals surface area contributed by atoms with Crippen LogP contribution in [0.3, 0.4) is 0 Å². The van der Waals surface area contributed by atoms with Gasteiger partial charge < -0.3 is 0 Å². The smallest absolute Gasteiger partial charge is 0.252 e. The molecule has 0 aliphatic rings. The number of rotatable bonds is 1. The molecule has 0 saturated carbocycles. The molecule has 0 aliphatic carbocycles. The summed E-state index contributed by atoms with van der Waals surface area (Å²) in [4.78, 5) is 6.91. The van der Waals surface area contributed by atoms with Crippen LogP contribution in [0.2, 0.25) is 0 Å². The summed E-state index contributed by atoms with van der Waals surface area (Å²) >= 11 is 0. The van der Waals surface area contributed by atoms with E-state index in [1.807, 2.05) is 0 Å². The molecule has 22 heavy (non-hydrogen) atoms. The lowest BCUT2D eigenvalue weighted by Crippen LogP contribution is -2.14. The van der Waals surface area contributed by atoms with Crippen molar-refractivity contribution < 1.29 is 26.3 Å². The highest BCUT2D eigenvalue weighted by Gasteiger charge is 2.40. The normalized spacial score (nSPS) is 12.5. The molecular formula is C14H10F6N2. The van der Waals surface area contributed by atoms with Crippen LogP contribution < -0.4 is 0 Å². The molecule has 0 N–H and O–H groups in total. The zero-order valence-electron chi connectivity index (χ0n) is 11.5. The summed E-state index contributed by atoms with van der Waals surface area (Å²) in [6.07, 6.45) is -8.74. The van der Waals surface area contributed by atoms with Crippen LogP contribution in [0.25, 0.3) is 11.3 Å². The van der Waals surface area contributed by atoms with Crippen molar-refractivity contribution in [3.63, 3.8) is 0 Å². The van der Waals surface area contributed by atoms with E-state index in [-0.39, 0.29) is 5.69 Å². The average molecular weight is 320 g/mol. The van der Waals surface area contributed by atoms with Crippen LogP contribution in [-0.2, 0) is 12.4 Å². The summed E-state index contributed by atoms with van der Waals surface area (Å²) in [5, 5.41) is 0. The Hall–Kier alpha value is -2.12. The molecule has 0 fully saturated rings. The van der Waals surface area contributed by atoms with Crippen molar-refractivity contribution in [2.45, 2.75) is 26.2 Å². The molecule has 2 aromatic rings. The van der Waals surface area contributed by atoms with Crippen molar-refractivity contribution in [2.75, 3.05) is 0 Å². The maximum Gasteiger partial charge on any atom is 0.434 e.